The lowest BCUT2D eigenvalue weighted by Crippen LogP contribution is -2.43. The van der Waals surface area contributed by atoms with Crippen molar-refractivity contribution in [2.75, 3.05) is 53.0 Å². The molecule has 1 aromatic heterocycles. The first-order valence-corrected chi connectivity index (χ1v) is 12.3. The maximum absolute atomic E-state index is 12.2. The average Bonchev–Trinajstić information content (AvgIpc) is 3.23. The monoisotopic (exact) mass is 444 g/mol. The lowest BCUT2D eigenvalue weighted by atomic mass is 10.1. The molecule has 1 aliphatic rings. The van der Waals surface area contributed by atoms with Crippen LogP contribution in [0.2, 0.25) is 0 Å². The van der Waals surface area contributed by atoms with Crippen molar-refractivity contribution in [2.24, 2.45) is 0 Å². The molecule has 0 spiro atoms. The van der Waals surface area contributed by atoms with Crippen LogP contribution < -0.4 is 5.32 Å². The molecule has 2 aromatic rings. The largest absolute Gasteiger partial charge is 0.381 e. The smallest absolute Gasteiger partial charge is 0.226 e. The molecule has 170 valence electrons. The highest BCUT2D eigenvalue weighted by Gasteiger charge is 2.14. The first kappa shape index (κ1) is 23.9. The van der Waals surface area contributed by atoms with E-state index < -0.39 is 0 Å². The Morgan fingerprint density at radius 3 is 2.81 bits per heavy atom. The summed E-state index contributed by atoms with van der Waals surface area (Å²) < 4.78 is 5.52. The van der Waals surface area contributed by atoms with Gasteiger partial charge in [0, 0.05) is 63.4 Å². The molecule has 0 unspecified atom stereocenters. The maximum atomic E-state index is 12.2. The third-order valence-corrected chi connectivity index (χ3v) is 6.44. The van der Waals surface area contributed by atoms with Crippen LogP contribution in [-0.2, 0) is 22.5 Å². The number of ether oxygens (including phenoxy) is 1. The van der Waals surface area contributed by atoms with E-state index in [2.05, 4.69) is 53.4 Å². The van der Waals surface area contributed by atoms with Gasteiger partial charge in [-0.25, -0.2) is 4.98 Å². The van der Waals surface area contributed by atoms with Crippen LogP contribution in [0.25, 0.3) is 10.6 Å². The highest BCUT2D eigenvalue weighted by Crippen LogP contribution is 2.25. The lowest BCUT2D eigenvalue weighted by molar-refractivity contribution is -0.120. The number of piperazine rings is 1. The number of nitrogens with one attached hydrogen (secondary N) is 1. The predicted molar refractivity (Wildman–Crippen MR) is 127 cm³/mol. The molecule has 1 N–H and O–H groups in total. The summed E-state index contributed by atoms with van der Waals surface area (Å²) in [6, 6.07) is 8.64. The van der Waals surface area contributed by atoms with Crippen molar-refractivity contribution in [3.63, 3.8) is 0 Å². The number of hydrogen-bond donors (Lipinski definition) is 1. The summed E-state index contributed by atoms with van der Waals surface area (Å²) in [6.07, 6.45) is 3.41. The zero-order chi connectivity index (χ0) is 21.9. The minimum absolute atomic E-state index is 0.0224. The van der Waals surface area contributed by atoms with Crippen molar-refractivity contribution in [1.29, 1.82) is 0 Å². The van der Waals surface area contributed by atoms with Gasteiger partial charge in [-0.1, -0.05) is 31.5 Å². The van der Waals surface area contributed by atoms with Gasteiger partial charge in [0.25, 0.3) is 0 Å². The molecule has 3 rings (SSSR count). The number of amides is 1. The molecule has 0 atom stereocenters. The maximum Gasteiger partial charge on any atom is 0.226 e. The summed E-state index contributed by atoms with van der Waals surface area (Å²) in [7, 11) is 2.18. The van der Waals surface area contributed by atoms with Crippen LogP contribution in [0.5, 0.6) is 0 Å². The summed E-state index contributed by atoms with van der Waals surface area (Å²) in [5.74, 6) is 0.0224. The number of carbonyl (C=O) groups excluding carboxylic acids is 1. The Morgan fingerprint density at radius 1 is 1.19 bits per heavy atom. The second-order valence-corrected chi connectivity index (χ2v) is 9.13. The SMILES string of the molecule is CCCCOCCCNC(=O)Cc1csc(-c2cccc(CN3CCN(C)CC3)c2)n1. The molecular weight excluding hydrogens is 408 g/mol. The molecular formula is C24H36N4O2S. The quantitative estimate of drug-likeness (QED) is 0.509. The fraction of sp³-hybridized carbons (Fsp3) is 0.583. The topological polar surface area (TPSA) is 57.7 Å². The van der Waals surface area contributed by atoms with Gasteiger partial charge in [0.15, 0.2) is 0 Å². The van der Waals surface area contributed by atoms with Gasteiger partial charge >= 0.3 is 0 Å². The lowest BCUT2D eigenvalue weighted by Gasteiger charge is -2.32. The Balaban J connectivity index is 1.44. The van der Waals surface area contributed by atoms with Gasteiger partial charge in [0.2, 0.25) is 5.91 Å². The standard InChI is InChI=1S/C24H36N4O2S/c1-3-4-14-30-15-6-9-25-23(29)17-22-19-31-24(26-22)21-8-5-7-20(16-21)18-28-12-10-27(2)11-13-28/h5,7-8,16,19H,3-4,6,9-15,17-18H2,1-2H3,(H,25,29). The van der Waals surface area contributed by atoms with Gasteiger partial charge in [0.05, 0.1) is 12.1 Å². The number of carbonyl (C=O) groups is 1. The molecule has 1 aromatic carbocycles. The Hall–Kier alpha value is -1.80. The molecule has 7 heteroatoms. The van der Waals surface area contributed by atoms with Gasteiger partial charge in [0.1, 0.15) is 5.01 Å². The van der Waals surface area contributed by atoms with Crippen LogP contribution in [0.1, 0.15) is 37.4 Å². The number of aromatic nitrogens is 1. The number of thiazole rings is 1. The van der Waals surface area contributed by atoms with Crippen LogP contribution in [0.3, 0.4) is 0 Å². The van der Waals surface area contributed by atoms with E-state index in [1.54, 1.807) is 11.3 Å². The zero-order valence-electron chi connectivity index (χ0n) is 18.9. The molecule has 2 heterocycles. The van der Waals surface area contributed by atoms with E-state index in [4.69, 9.17) is 9.72 Å². The molecule has 0 saturated carbocycles. The van der Waals surface area contributed by atoms with Crippen LogP contribution >= 0.6 is 11.3 Å². The highest BCUT2D eigenvalue weighted by molar-refractivity contribution is 7.13. The number of nitrogens with zero attached hydrogens (tertiary/aromatic N) is 3. The van der Waals surface area contributed by atoms with Crippen molar-refractivity contribution in [3.8, 4) is 10.6 Å². The van der Waals surface area contributed by atoms with Crippen molar-refractivity contribution >= 4 is 17.2 Å². The van der Waals surface area contributed by atoms with E-state index in [-0.39, 0.29) is 5.91 Å². The first-order chi connectivity index (χ1) is 15.1. The van der Waals surface area contributed by atoms with Crippen molar-refractivity contribution in [2.45, 2.75) is 39.2 Å². The van der Waals surface area contributed by atoms with Gasteiger partial charge in [-0.05, 0) is 31.5 Å². The number of unbranched alkanes of at least 4 members (excludes halogenated alkanes) is 1. The number of likely N-dealkylation sites (N-methyl/N-ethyl adjacent to an activating group) is 1. The van der Waals surface area contributed by atoms with Crippen LogP contribution in [-0.4, -0.2) is 73.7 Å². The Bertz CT molecular complexity index is 802. The van der Waals surface area contributed by atoms with E-state index in [1.807, 2.05) is 5.38 Å². The highest BCUT2D eigenvalue weighted by atomic mass is 32.1. The van der Waals surface area contributed by atoms with Crippen molar-refractivity contribution in [3.05, 3.63) is 40.9 Å². The minimum atomic E-state index is 0.0224. The first-order valence-electron chi connectivity index (χ1n) is 11.4. The van der Waals surface area contributed by atoms with Gasteiger partial charge in [-0.2, -0.15) is 0 Å². The average molecular weight is 445 g/mol. The van der Waals surface area contributed by atoms with Crippen molar-refractivity contribution < 1.29 is 9.53 Å². The molecule has 1 amide bonds. The van der Waals surface area contributed by atoms with E-state index in [0.29, 0.717) is 19.6 Å². The predicted octanol–water partition coefficient (Wildman–Crippen LogP) is 3.42. The van der Waals surface area contributed by atoms with Crippen molar-refractivity contribution in [1.82, 2.24) is 20.1 Å². The Kier molecular flexibility index (Phi) is 9.93. The Labute approximate surface area is 190 Å². The third-order valence-electron chi connectivity index (χ3n) is 5.50. The number of benzene rings is 1. The summed E-state index contributed by atoms with van der Waals surface area (Å²) in [5, 5.41) is 5.94. The van der Waals surface area contributed by atoms with Gasteiger partial charge < -0.3 is 15.0 Å². The molecule has 1 fully saturated rings. The molecule has 1 saturated heterocycles. The van der Waals surface area contributed by atoms with E-state index in [0.717, 1.165) is 74.9 Å². The van der Waals surface area contributed by atoms with Crippen LogP contribution in [0.15, 0.2) is 29.6 Å². The van der Waals surface area contributed by atoms with Gasteiger partial charge in [-0.3, -0.25) is 9.69 Å². The second-order valence-electron chi connectivity index (χ2n) is 8.27. The Morgan fingerprint density at radius 2 is 2.00 bits per heavy atom. The normalized spacial score (nSPS) is 15.3. The summed E-state index contributed by atoms with van der Waals surface area (Å²) in [4.78, 5) is 21.8. The molecule has 0 bridgehead atoms. The zero-order valence-corrected chi connectivity index (χ0v) is 19.8. The molecule has 31 heavy (non-hydrogen) atoms. The fourth-order valence-corrected chi connectivity index (χ4v) is 4.38. The number of rotatable bonds is 12. The van der Waals surface area contributed by atoms with E-state index in [9.17, 15) is 4.79 Å². The van der Waals surface area contributed by atoms with Crippen LogP contribution in [0.4, 0.5) is 0 Å². The summed E-state index contributed by atoms with van der Waals surface area (Å²) >= 11 is 1.61. The van der Waals surface area contributed by atoms with Crippen LogP contribution in [0, 0.1) is 0 Å². The number of hydrogen-bond acceptors (Lipinski definition) is 6. The summed E-state index contributed by atoms with van der Waals surface area (Å²) in [5.41, 5.74) is 3.28. The summed E-state index contributed by atoms with van der Waals surface area (Å²) in [6.45, 7) is 9.77. The van der Waals surface area contributed by atoms with Gasteiger partial charge in [-0.15, -0.1) is 11.3 Å². The molecule has 0 aliphatic carbocycles. The van der Waals surface area contributed by atoms with E-state index >= 15 is 0 Å². The third kappa shape index (κ3) is 8.33. The fourth-order valence-electron chi connectivity index (χ4n) is 3.57. The molecule has 0 radical (unpaired) electrons. The van der Waals surface area contributed by atoms with E-state index in [1.165, 1.54) is 5.56 Å². The second kappa shape index (κ2) is 12.9. The minimum Gasteiger partial charge on any atom is -0.381 e. The molecule has 6 nitrogen and oxygen atoms in total. The molecule has 1 aliphatic heterocycles.